The molecule has 1 N–H and O–H groups in total. The van der Waals surface area contributed by atoms with Crippen molar-refractivity contribution in [1.82, 2.24) is 15.1 Å². The van der Waals surface area contributed by atoms with Crippen LogP contribution in [0.15, 0.2) is 0 Å². The normalized spacial score (nSPS) is 35.5. The van der Waals surface area contributed by atoms with Crippen molar-refractivity contribution < 1.29 is 4.74 Å². The lowest BCUT2D eigenvalue weighted by molar-refractivity contribution is -0.0513. The summed E-state index contributed by atoms with van der Waals surface area (Å²) in [5.74, 6) is 0.901. The van der Waals surface area contributed by atoms with Crippen LogP contribution in [0.3, 0.4) is 0 Å². The number of likely N-dealkylation sites (N-methyl/N-ethyl adjacent to an activating group) is 1. The van der Waals surface area contributed by atoms with Gasteiger partial charge in [-0.15, -0.1) is 0 Å². The molecule has 1 aliphatic carbocycles. The van der Waals surface area contributed by atoms with Crippen molar-refractivity contribution in [2.45, 2.75) is 70.6 Å². The molecule has 3 fully saturated rings. The first-order valence-electron chi connectivity index (χ1n) is 10.1. The summed E-state index contributed by atoms with van der Waals surface area (Å²) in [6.07, 6.45) is 8.81. The van der Waals surface area contributed by atoms with Crippen molar-refractivity contribution in [3.05, 3.63) is 0 Å². The zero-order chi connectivity index (χ0) is 16.1. The highest BCUT2D eigenvalue weighted by Gasteiger charge is 2.29. The van der Waals surface area contributed by atoms with E-state index in [9.17, 15) is 0 Å². The first-order chi connectivity index (χ1) is 11.2. The van der Waals surface area contributed by atoms with Crippen LogP contribution in [0.5, 0.6) is 0 Å². The molecule has 2 aliphatic heterocycles. The van der Waals surface area contributed by atoms with E-state index in [-0.39, 0.29) is 0 Å². The van der Waals surface area contributed by atoms with Crippen LogP contribution >= 0.6 is 0 Å². The molecule has 0 aromatic rings. The van der Waals surface area contributed by atoms with Gasteiger partial charge in [0, 0.05) is 32.2 Å². The molecule has 0 amide bonds. The predicted octanol–water partition coefficient (Wildman–Crippen LogP) is 2.34. The van der Waals surface area contributed by atoms with E-state index in [1.54, 1.807) is 0 Å². The molecule has 0 aromatic carbocycles. The fourth-order valence-corrected chi connectivity index (χ4v) is 4.61. The number of piperidine rings is 1. The summed E-state index contributed by atoms with van der Waals surface area (Å²) in [5, 5.41) is 3.43. The van der Waals surface area contributed by atoms with E-state index in [4.69, 9.17) is 4.74 Å². The second kappa shape index (κ2) is 8.80. The monoisotopic (exact) mass is 323 g/mol. The number of nitrogens with one attached hydrogen (secondary N) is 1. The molecular weight excluding hydrogens is 286 g/mol. The van der Waals surface area contributed by atoms with Gasteiger partial charge in [0.1, 0.15) is 0 Å². The van der Waals surface area contributed by atoms with Crippen LogP contribution in [0.25, 0.3) is 0 Å². The second-order valence-corrected chi connectivity index (χ2v) is 7.97. The lowest BCUT2D eigenvalue weighted by Gasteiger charge is -2.42. The SMILES string of the molecule is CCN1CCN(CC2CCC(OC3CCNCC3)CC2)C(C)C1. The van der Waals surface area contributed by atoms with Crippen molar-refractivity contribution >= 4 is 0 Å². The van der Waals surface area contributed by atoms with Gasteiger partial charge in [-0.2, -0.15) is 0 Å². The molecule has 0 aromatic heterocycles. The molecule has 1 saturated carbocycles. The van der Waals surface area contributed by atoms with Crippen LogP contribution < -0.4 is 5.32 Å². The van der Waals surface area contributed by atoms with Crippen LogP contribution in [0, 0.1) is 5.92 Å². The molecule has 3 aliphatic rings. The topological polar surface area (TPSA) is 27.7 Å². The Kier molecular flexibility index (Phi) is 6.75. The molecule has 0 radical (unpaired) electrons. The van der Waals surface area contributed by atoms with Crippen LogP contribution in [-0.4, -0.2) is 73.9 Å². The van der Waals surface area contributed by atoms with Crippen molar-refractivity contribution in [3.8, 4) is 0 Å². The zero-order valence-corrected chi connectivity index (χ0v) is 15.3. The molecule has 4 nitrogen and oxygen atoms in total. The summed E-state index contributed by atoms with van der Waals surface area (Å²) in [5.41, 5.74) is 0. The molecule has 4 heteroatoms. The Labute approximate surface area is 142 Å². The Morgan fingerprint density at radius 2 is 1.65 bits per heavy atom. The number of ether oxygens (including phenoxy) is 1. The van der Waals surface area contributed by atoms with E-state index < -0.39 is 0 Å². The first kappa shape index (κ1) is 17.7. The molecule has 1 atom stereocenters. The Morgan fingerprint density at radius 3 is 2.30 bits per heavy atom. The van der Waals surface area contributed by atoms with Gasteiger partial charge in [0.25, 0.3) is 0 Å². The Bertz CT molecular complexity index is 338. The van der Waals surface area contributed by atoms with Gasteiger partial charge in [-0.25, -0.2) is 0 Å². The van der Waals surface area contributed by atoms with E-state index in [2.05, 4.69) is 29.0 Å². The molecule has 2 saturated heterocycles. The summed E-state index contributed by atoms with van der Waals surface area (Å²) in [4.78, 5) is 5.33. The molecule has 23 heavy (non-hydrogen) atoms. The zero-order valence-electron chi connectivity index (χ0n) is 15.3. The van der Waals surface area contributed by atoms with Crippen molar-refractivity contribution in [2.75, 3.05) is 45.8 Å². The van der Waals surface area contributed by atoms with E-state index in [0.717, 1.165) is 25.0 Å². The molecule has 3 rings (SSSR count). The Hall–Kier alpha value is -0.160. The van der Waals surface area contributed by atoms with Gasteiger partial charge in [-0.3, -0.25) is 4.90 Å². The number of hydrogen-bond acceptors (Lipinski definition) is 4. The molecule has 0 spiro atoms. The van der Waals surface area contributed by atoms with Gasteiger partial charge < -0.3 is 15.0 Å². The summed E-state index contributed by atoms with van der Waals surface area (Å²) in [6.45, 7) is 13.3. The van der Waals surface area contributed by atoms with Crippen LogP contribution in [0.2, 0.25) is 0 Å². The van der Waals surface area contributed by atoms with Crippen LogP contribution in [-0.2, 0) is 4.74 Å². The molecule has 2 heterocycles. The third-order valence-electron chi connectivity index (χ3n) is 6.25. The second-order valence-electron chi connectivity index (χ2n) is 7.97. The highest BCUT2D eigenvalue weighted by Crippen LogP contribution is 2.29. The van der Waals surface area contributed by atoms with Gasteiger partial charge in [-0.05, 0) is 71.0 Å². The third-order valence-corrected chi connectivity index (χ3v) is 6.25. The summed E-state index contributed by atoms with van der Waals surface area (Å²) < 4.78 is 6.36. The minimum atomic E-state index is 0.528. The lowest BCUT2D eigenvalue weighted by atomic mass is 9.86. The van der Waals surface area contributed by atoms with Crippen LogP contribution in [0.4, 0.5) is 0 Å². The average molecular weight is 324 g/mol. The third kappa shape index (κ3) is 5.15. The van der Waals surface area contributed by atoms with Crippen molar-refractivity contribution in [2.24, 2.45) is 5.92 Å². The quantitative estimate of drug-likeness (QED) is 0.840. The van der Waals surface area contributed by atoms with E-state index in [0.29, 0.717) is 12.2 Å². The summed E-state index contributed by atoms with van der Waals surface area (Å²) in [7, 11) is 0. The fraction of sp³-hybridized carbons (Fsp3) is 1.00. The highest BCUT2D eigenvalue weighted by atomic mass is 16.5. The number of nitrogens with zero attached hydrogens (tertiary/aromatic N) is 2. The number of piperazine rings is 1. The molecule has 0 bridgehead atoms. The van der Waals surface area contributed by atoms with E-state index >= 15 is 0 Å². The molecular formula is C19H37N3O. The molecule has 1 unspecified atom stereocenters. The summed E-state index contributed by atoms with van der Waals surface area (Å²) in [6, 6.07) is 0.729. The standard InChI is InChI=1S/C19H37N3O/c1-3-21-12-13-22(16(2)14-21)15-17-4-6-18(7-5-17)23-19-8-10-20-11-9-19/h16-20H,3-15H2,1-2H3. The van der Waals surface area contributed by atoms with Crippen LogP contribution in [0.1, 0.15) is 52.4 Å². The average Bonchev–Trinajstić information content (AvgIpc) is 2.59. The smallest absolute Gasteiger partial charge is 0.0603 e. The predicted molar refractivity (Wildman–Crippen MR) is 95.9 cm³/mol. The maximum absolute atomic E-state index is 6.36. The lowest BCUT2D eigenvalue weighted by Crippen LogP contribution is -2.53. The van der Waals surface area contributed by atoms with Crippen molar-refractivity contribution in [3.63, 3.8) is 0 Å². The fourth-order valence-electron chi connectivity index (χ4n) is 4.61. The van der Waals surface area contributed by atoms with Gasteiger partial charge >= 0.3 is 0 Å². The number of rotatable bonds is 5. The summed E-state index contributed by atoms with van der Waals surface area (Å²) >= 11 is 0. The minimum absolute atomic E-state index is 0.528. The number of hydrogen-bond donors (Lipinski definition) is 1. The minimum Gasteiger partial charge on any atom is -0.375 e. The Balaban J connectivity index is 1.36. The first-order valence-corrected chi connectivity index (χ1v) is 10.1. The van der Waals surface area contributed by atoms with Gasteiger partial charge in [-0.1, -0.05) is 6.92 Å². The van der Waals surface area contributed by atoms with E-state index in [1.165, 1.54) is 71.2 Å². The maximum atomic E-state index is 6.36. The maximum Gasteiger partial charge on any atom is 0.0603 e. The van der Waals surface area contributed by atoms with Crippen molar-refractivity contribution in [1.29, 1.82) is 0 Å². The van der Waals surface area contributed by atoms with Gasteiger partial charge in [0.15, 0.2) is 0 Å². The van der Waals surface area contributed by atoms with Gasteiger partial charge in [0.2, 0.25) is 0 Å². The molecule has 134 valence electrons. The highest BCUT2D eigenvalue weighted by molar-refractivity contribution is 4.83. The largest absolute Gasteiger partial charge is 0.375 e. The van der Waals surface area contributed by atoms with Gasteiger partial charge in [0.05, 0.1) is 12.2 Å². The van der Waals surface area contributed by atoms with E-state index in [1.807, 2.05) is 0 Å². The Morgan fingerprint density at radius 1 is 0.957 bits per heavy atom.